The van der Waals surface area contributed by atoms with Crippen molar-refractivity contribution in [3.05, 3.63) is 68.9 Å². The van der Waals surface area contributed by atoms with Crippen LogP contribution in [0.25, 0.3) is 11.4 Å². The van der Waals surface area contributed by atoms with Crippen molar-refractivity contribution in [1.82, 2.24) is 14.9 Å². The molecule has 2 aromatic carbocycles. The third-order valence-electron chi connectivity index (χ3n) is 2.98. The molecule has 0 spiro atoms. The van der Waals surface area contributed by atoms with Crippen LogP contribution in [-0.4, -0.2) is 21.1 Å². The van der Waals surface area contributed by atoms with E-state index < -0.39 is 0 Å². The minimum atomic E-state index is 0.373. The molecule has 3 aromatic rings. The molecule has 0 saturated carbocycles. The molecule has 1 aromatic heterocycles. The summed E-state index contributed by atoms with van der Waals surface area (Å²) in [5.41, 5.74) is 1.53. The van der Waals surface area contributed by atoms with Gasteiger partial charge in [-0.3, -0.25) is 0 Å². The van der Waals surface area contributed by atoms with Gasteiger partial charge in [-0.25, -0.2) is 5.10 Å². The second-order valence-corrected chi connectivity index (χ2v) is 5.61. The van der Waals surface area contributed by atoms with E-state index in [0.29, 0.717) is 20.6 Å². The molecule has 0 aliphatic carbocycles. The molecule has 4 nitrogen and oxygen atoms in total. The predicted octanol–water partition coefficient (Wildman–Crippen LogP) is 4.80. The fourth-order valence-electron chi connectivity index (χ4n) is 1.92. The Balaban J connectivity index is 2.06. The topological polar surface area (TPSA) is 46.0 Å². The summed E-state index contributed by atoms with van der Waals surface area (Å²) in [5.74, 6) is 0.541. The number of hydrogen-bond donors (Lipinski definition) is 1. The normalized spacial score (nSPS) is 11.2. The number of hydrogen-bond acceptors (Lipinski definition) is 3. The van der Waals surface area contributed by atoms with Gasteiger partial charge in [0.2, 0.25) is 4.77 Å². The molecule has 0 unspecified atom stereocenters. The molecule has 0 amide bonds. The van der Waals surface area contributed by atoms with E-state index in [4.69, 9.17) is 35.4 Å². The van der Waals surface area contributed by atoms with Gasteiger partial charge in [-0.05, 0) is 30.4 Å². The maximum atomic E-state index is 6.21. The van der Waals surface area contributed by atoms with Crippen LogP contribution in [-0.2, 0) is 0 Å². The summed E-state index contributed by atoms with van der Waals surface area (Å²) >= 11 is 17.5. The first-order chi connectivity index (χ1) is 10.7. The van der Waals surface area contributed by atoms with E-state index >= 15 is 0 Å². The molecule has 7 heteroatoms. The van der Waals surface area contributed by atoms with Crippen molar-refractivity contribution in [3.8, 4) is 11.4 Å². The zero-order chi connectivity index (χ0) is 15.5. The van der Waals surface area contributed by atoms with Crippen molar-refractivity contribution in [1.29, 1.82) is 0 Å². The Morgan fingerprint density at radius 2 is 1.73 bits per heavy atom. The van der Waals surface area contributed by atoms with Gasteiger partial charge in [0, 0.05) is 16.1 Å². The molecule has 22 heavy (non-hydrogen) atoms. The number of H-pyrrole nitrogens is 1. The Morgan fingerprint density at radius 3 is 2.45 bits per heavy atom. The molecule has 1 heterocycles. The average Bonchev–Trinajstić information content (AvgIpc) is 2.88. The zero-order valence-electron chi connectivity index (χ0n) is 11.2. The monoisotopic (exact) mass is 348 g/mol. The van der Waals surface area contributed by atoms with E-state index in [-0.39, 0.29) is 0 Å². The molecule has 0 fully saturated rings. The first-order valence-corrected chi connectivity index (χ1v) is 7.54. The van der Waals surface area contributed by atoms with Crippen LogP contribution in [0, 0.1) is 4.77 Å². The van der Waals surface area contributed by atoms with Crippen LogP contribution in [0.15, 0.2) is 53.6 Å². The molecule has 1 N–H and O–H groups in total. The first kappa shape index (κ1) is 15.0. The minimum Gasteiger partial charge on any atom is -0.250 e. The number of benzene rings is 2. The summed E-state index contributed by atoms with van der Waals surface area (Å²) < 4.78 is 1.89. The number of halogens is 2. The highest BCUT2D eigenvalue weighted by Crippen LogP contribution is 2.26. The van der Waals surface area contributed by atoms with Crippen molar-refractivity contribution in [2.75, 3.05) is 0 Å². The van der Waals surface area contributed by atoms with Gasteiger partial charge in [-0.2, -0.15) is 14.9 Å². The maximum absolute atomic E-state index is 6.21. The highest BCUT2D eigenvalue weighted by atomic mass is 35.5. The van der Waals surface area contributed by atoms with Gasteiger partial charge in [-0.1, -0.05) is 53.5 Å². The Bertz CT molecular complexity index is 898. The van der Waals surface area contributed by atoms with Gasteiger partial charge in [0.1, 0.15) is 0 Å². The number of aromatic amines is 1. The highest BCUT2D eigenvalue weighted by Gasteiger charge is 2.11. The van der Waals surface area contributed by atoms with Crippen LogP contribution in [0.2, 0.25) is 10.0 Å². The zero-order valence-corrected chi connectivity index (χ0v) is 13.5. The van der Waals surface area contributed by atoms with Crippen molar-refractivity contribution in [2.24, 2.45) is 5.10 Å². The lowest BCUT2D eigenvalue weighted by Crippen LogP contribution is -1.95. The smallest absolute Gasteiger partial charge is 0.216 e. The lowest BCUT2D eigenvalue weighted by Gasteiger charge is -2.03. The molecular formula is C15H10Cl2N4S. The third kappa shape index (κ3) is 2.97. The largest absolute Gasteiger partial charge is 0.250 e. The molecule has 0 bridgehead atoms. The van der Waals surface area contributed by atoms with Crippen molar-refractivity contribution in [2.45, 2.75) is 0 Å². The molecule has 110 valence electrons. The quantitative estimate of drug-likeness (QED) is 0.545. The second kappa shape index (κ2) is 6.44. The van der Waals surface area contributed by atoms with E-state index in [1.54, 1.807) is 18.3 Å². The fraction of sp³-hybridized carbons (Fsp3) is 0. The molecular weight excluding hydrogens is 339 g/mol. The van der Waals surface area contributed by atoms with E-state index in [1.807, 2.05) is 36.4 Å². The lowest BCUT2D eigenvalue weighted by molar-refractivity contribution is 0.871. The Morgan fingerprint density at radius 1 is 1.05 bits per heavy atom. The van der Waals surface area contributed by atoms with Crippen molar-refractivity contribution in [3.63, 3.8) is 0 Å². The Kier molecular flexibility index (Phi) is 4.38. The fourth-order valence-corrected chi connectivity index (χ4v) is 2.50. The van der Waals surface area contributed by atoms with Gasteiger partial charge in [0.05, 0.1) is 11.2 Å². The standard InChI is InChI=1S/C15H10Cl2N4S/c16-12-7-3-1-5-10(12)9-18-21-14(19-20-15(21)22)11-6-2-4-8-13(11)17/h1-9H,(H,20,22). The number of nitrogens with zero attached hydrogens (tertiary/aromatic N) is 3. The van der Waals surface area contributed by atoms with Gasteiger partial charge in [0.15, 0.2) is 5.82 Å². The summed E-state index contributed by atoms with van der Waals surface area (Å²) in [7, 11) is 0. The average molecular weight is 349 g/mol. The van der Waals surface area contributed by atoms with Crippen LogP contribution < -0.4 is 0 Å². The summed E-state index contributed by atoms with van der Waals surface area (Å²) in [6, 6.07) is 14.8. The molecule has 0 radical (unpaired) electrons. The van der Waals surface area contributed by atoms with Crippen LogP contribution in [0.4, 0.5) is 0 Å². The van der Waals surface area contributed by atoms with E-state index in [2.05, 4.69) is 15.3 Å². The molecule has 3 rings (SSSR count). The number of aromatic nitrogens is 3. The van der Waals surface area contributed by atoms with Gasteiger partial charge in [-0.15, -0.1) is 0 Å². The molecule has 0 aliphatic heterocycles. The van der Waals surface area contributed by atoms with Gasteiger partial charge in [0.25, 0.3) is 0 Å². The summed E-state index contributed by atoms with van der Waals surface area (Å²) in [4.78, 5) is 0. The first-order valence-electron chi connectivity index (χ1n) is 6.38. The Labute approximate surface area is 142 Å². The van der Waals surface area contributed by atoms with E-state index in [0.717, 1.165) is 11.1 Å². The minimum absolute atomic E-state index is 0.373. The van der Waals surface area contributed by atoms with Gasteiger partial charge < -0.3 is 0 Å². The predicted molar refractivity (Wildman–Crippen MR) is 92.3 cm³/mol. The molecule has 0 saturated heterocycles. The number of rotatable bonds is 3. The number of nitrogens with one attached hydrogen (secondary N) is 1. The highest BCUT2D eigenvalue weighted by molar-refractivity contribution is 7.71. The SMILES string of the molecule is S=c1[nH]nc(-c2ccccc2Cl)n1N=Cc1ccccc1Cl. The summed E-state index contributed by atoms with van der Waals surface area (Å²) in [6.07, 6.45) is 1.63. The van der Waals surface area contributed by atoms with Crippen LogP contribution in [0.3, 0.4) is 0 Å². The van der Waals surface area contributed by atoms with Crippen LogP contribution >= 0.6 is 35.4 Å². The van der Waals surface area contributed by atoms with Crippen LogP contribution in [0.5, 0.6) is 0 Å². The van der Waals surface area contributed by atoms with Crippen molar-refractivity contribution < 1.29 is 0 Å². The maximum Gasteiger partial charge on any atom is 0.216 e. The molecule has 0 aliphatic rings. The van der Waals surface area contributed by atoms with Crippen LogP contribution in [0.1, 0.15) is 5.56 Å². The second-order valence-electron chi connectivity index (χ2n) is 4.41. The van der Waals surface area contributed by atoms with E-state index in [1.165, 1.54) is 4.68 Å². The lowest BCUT2D eigenvalue weighted by atomic mass is 10.2. The summed E-state index contributed by atoms with van der Waals surface area (Å²) in [5, 5.41) is 12.5. The summed E-state index contributed by atoms with van der Waals surface area (Å²) in [6.45, 7) is 0. The third-order valence-corrected chi connectivity index (χ3v) is 3.92. The van der Waals surface area contributed by atoms with Crippen molar-refractivity contribution >= 4 is 41.6 Å². The Hall–Kier alpha value is -1.95. The molecule has 0 atom stereocenters. The van der Waals surface area contributed by atoms with Gasteiger partial charge >= 0.3 is 0 Å². The van der Waals surface area contributed by atoms with E-state index in [9.17, 15) is 0 Å².